The Morgan fingerprint density at radius 2 is 1.76 bits per heavy atom. The molecule has 2 N–H and O–H groups in total. The highest BCUT2D eigenvalue weighted by Gasteiger charge is 2.28. The Balaban J connectivity index is 2.02. The number of piperidine rings is 1. The Hall–Kier alpha value is -1.55. The van der Waals surface area contributed by atoms with E-state index in [2.05, 4.69) is 43.5 Å². The Bertz CT molecular complexity index is 461. The summed E-state index contributed by atoms with van der Waals surface area (Å²) >= 11 is 0. The number of benzene rings is 1. The average molecular weight is 289 g/mol. The van der Waals surface area contributed by atoms with E-state index in [1.165, 1.54) is 12.0 Å². The summed E-state index contributed by atoms with van der Waals surface area (Å²) in [6.45, 7) is 6.38. The predicted octanol–water partition coefficient (Wildman–Crippen LogP) is 3.76. The molecule has 1 aliphatic heterocycles. The summed E-state index contributed by atoms with van der Waals surface area (Å²) in [5.41, 5.74) is 2.08. The zero-order valence-corrected chi connectivity index (χ0v) is 13.5. The minimum atomic E-state index is 0.0177. The minimum Gasteiger partial charge on any atom is -0.319 e. The van der Waals surface area contributed by atoms with Crippen LogP contribution in [0.25, 0.3) is 0 Å². The molecule has 0 aromatic heterocycles. The van der Waals surface area contributed by atoms with Crippen molar-refractivity contribution in [3.05, 3.63) is 29.8 Å². The quantitative estimate of drug-likeness (QED) is 0.890. The fourth-order valence-electron chi connectivity index (χ4n) is 3.03. The number of anilines is 1. The Kier molecular flexibility index (Phi) is 5.23. The molecular weight excluding hydrogens is 262 g/mol. The molecule has 1 aromatic carbocycles. The van der Waals surface area contributed by atoms with Crippen LogP contribution in [0.3, 0.4) is 0 Å². The zero-order valence-electron chi connectivity index (χ0n) is 13.5. The van der Waals surface area contributed by atoms with Crippen molar-refractivity contribution in [3.8, 4) is 0 Å². The van der Waals surface area contributed by atoms with E-state index in [0.29, 0.717) is 18.1 Å². The van der Waals surface area contributed by atoms with Crippen LogP contribution >= 0.6 is 0 Å². The molecule has 116 valence electrons. The molecule has 1 aliphatic rings. The third-order valence-electron chi connectivity index (χ3n) is 4.52. The van der Waals surface area contributed by atoms with E-state index >= 15 is 0 Å². The van der Waals surface area contributed by atoms with Crippen LogP contribution in [0.5, 0.6) is 0 Å². The maximum atomic E-state index is 12.5. The van der Waals surface area contributed by atoms with Crippen LogP contribution in [-0.2, 0) is 0 Å². The molecule has 3 atom stereocenters. The van der Waals surface area contributed by atoms with E-state index in [0.717, 1.165) is 18.5 Å². The third kappa shape index (κ3) is 3.76. The smallest absolute Gasteiger partial charge is 0.319 e. The van der Waals surface area contributed by atoms with Gasteiger partial charge in [-0.15, -0.1) is 0 Å². The summed E-state index contributed by atoms with van der Waals surface area (Å²) in [5, 5.41) is 6.23. The molecule has 0 saturated carbocycles. The first-order valence-corrected chi connectivity index (χ1v) is 7.89. The van der Waals surface area contributed by atoms with E-state index in [1.54, 1.807) is 0 Å². The highest BCUT2D eigenvalue weighted by Crippen LogP contribution is 2.24. The lowest BCUT2D eigenvalue weighted by molar-refractivity contribution is 0.133. The van der Waals surface area contributed by atoms with Crippen molar-refractivity contribution in [3.63, 3.8) is 0 Å². The molecule has 4 heteroatoms. The molecule has 2 amide bonds. The number of hydrogen-bond acceptors (Lipinski definition) is 2. The Morgan fingerprint density at radius 1 is 1.19 bits per heavy atom. The molecule has 0 radical (unpaired) electrons. The second kappa shape index (κ2) is 6.94. The number of rotatable bonds is 3. The maximum Gasteiger partial charge on any atom is 0.322 e. The van der Waals surface area contributed by atoms with Gasteiger partial charge in [-0.25, -0.2) is 4.79 Å². The largest absolute Gasteiger partial charge is 0.322 e. The van der Waals surface area contributed by atoms with E-state index in [-0.39, 0.29) is 6.03 Å². The molecule has 0 bridgehead atoms. The second-order valence-electron chi connectivity index (χ2n) is 6.10. The van der Waals surface area contributed by atoms with Gasteiger partial charge < -0.3 is 15.5 Å². The number of nitrogens with one attached hydrogen (secondary N) is 2. The molecule has 1 fully saturated rings. The molecule has 2 rings (SSSR count). The van der Waals surface area contributed by atoms with Crippen LogP contribution in [0.4, 0.5) is 10.5 Å². The van der Waals surface area contributed by atoms with Crippen molar-refractivity contribution in [1.29, 1.82) is 0 Å². The summed E-state index contributed by atoms with van der Waals surface area (Å²) < 4.78 is 0. The zero-order chi connectivity index (χ0) is 15.4. The molecule has 1 aromatic rings. The van der Waals surface area contributed by atoms with Crippen LogP contribution in [0.1, 0.15) is 51.6 Å². The normalized spacial score (nSPS) is 23.7. The van der Waals surface area contributed by atoms with E-state index in [9.17, 15) is 4.79 Å². The Labute approximate surface area is 127 Å². The first kappa shape index (κ1) is 15.8. The molecule has 1 unspecified atom stereocenters. The lowest BCUT2D eigenvalue weighted by Gasteiger charge is -2.38. The van der Waals surface area contributed by atoms with Crippen molar-refractivity contribution in [1.82, 2.24) is 10.2 Å². The van der Waals surface area contributed by atoms with Crippen LogP contribution in [-0.4, -0.2) is 30.1 Å². The molecule has 21 heavy (non-hydrogen) atoms. The van der Waals surface area contributed by atoms with Gasteiger partial charge in [0.05, 0.1) is 0 Å². The third-order valence-corrected chi connectivity index (χ3v) is 4.52. The van der Waals surface area contributed by atoms with Crippen LogP contribution in [0.15, 0.2) is 24.3 Å². The molecule has 4 nitrogen and oxygen atoms in total. The number of carbonyl (C=O) groups excluding carboxylic acids is 1. The number of amides is 2. The van der Waals surface area contributed by atoms with Gasteiger partial charge in [0.25, 0.3) is 0 Å². The number of carbonyl (C=O) groups is 1. The van der Waals surface area contributed by atoms with Gasteiger partial charge in [0.15, 0.2) is 0 Å². The molecule has 0 spiro atoms. The van der Waals surface area contributed by atoms with E-state index in [4.69, 9.17) is 0 Å². The SMILES string of the molecule is CNC(C)c1ccc(NC(=O)N2[C@H](C)CCC[C@@H]2C)cc1. The monoisotopic (exact) mass is 289 g/mol. The highest BCUT2D eigenvalue weighted by molar-refractivity contribution is 5.89. The summed E-state index contributed by atoms with van der Waals surface area (Å²) in [6.07, 6.45) is 3.40. The second-order valence-corrected chi connectivity index (χ2v) is 6.10. The fraction of sp³-hybridized carbons (Fsp3) is 0.588. The average Bonchev–Trinajstić information content (AvgIpc) is 2.47. The van der Waals surface area contributed by atoms with Crippen LogP contribution < -0.4 is 10.6 Å². The number of hydrogen-bond donors (Lipinski definition) is 2. The van der Waals surface area contributed by atoms with Gasteiger partial charge >= 0.3 is 6.03 Å². The van der Waals surface area contributed by atoms with Crippen molar-refractivity contribution in [2.45, 2.75) is 58.2 Å². The highest BCUT2D eigenvalue weighted by atomic mass is 16.2. The number of urea groups is 1. The van der Waals surface area contributed by atoms with E-state index < -0.39 is 0 Å². The van der Waals surface area contributed by atoms with Crippen LogP contribution in [0, 0.1) is 0 Å². The summed E-state index contributed by atoms with van der Waals surface area (Å²) in [6, 6.07) is 9.02. The van der Waals surface area contributed by atoms with Gasteiger partial charge in [-0.3, -0.25) is 0 Å². The molecule has 1 saturated heterocycles. The summed E-state index contributed by atoms with van der Waals surface area (Å²) in [7, 11) is 1.94. The first-order valence-electron chi connectivity index (χ1n) is 7.89. The topological polar surface area (TPSA) is 44.4 Å². The predicted molar refractivity (Wildman–Crippen MR) is 87.5 cm³/mol. The minimum absolute atomic E-state index is 0.0177. The first-order chi connectivity index (χ1) is 10.0. The van der Waals surface area contributed by atoms with Crippen LogP contribution in [0.2, 0.25) is 0 Å². The molecule has 0 aliphatic carbocycles. The van der Waals surface area contributed by atoms with E-state index in [1.807, 2.05) is 24.1 Å². The molecular formula is C17H27N3O. The van der Waals surface area contributed by atoms with Crippen molar-refractivity contribution in [2.75, 3.05) is 12.4 Å². The van der Waals surface area contributed by atoms with Crippen molar-refractivity contribution in [2.24, 2.45) is 0 Å². The van der Waals surface area contributed by atoms with Gasteiger partial charge in [0.1, 0.15) is 0 Å². The maximum absolute atomic E-state index is 12.5. The van der Waals surface area contributed by atoms with Gasteiger partial charge in [-0.05, 0) is 64.8 Å². The van der Waals surface area contributed by atoms with Gasteiger partial charge in [-0.1, -0.05) is 12.1 Å². The number of likely N-dealkylation sites (tertiary alicyclic amines) is 1. The van der Waals surface area contributed by atoms with Gasteiger partial charge in [-0.2, -0.15) is 0 Å². The lowest BCUT2D eigenvalue weighted by atomic mass is 9.98. The van der Waals surface area contributed by atoms with Gasteiger partial charge in [0.2, 0.25) is 0 Å². The van der Waals surface area contributed by atoms with Crippen molar-refractivity contribution < 1.29 is 4.79 Å². The summed E-state index contributed by atoms with van der Waals surface area (Å²) in [4.78, 5) is 14.4. The molecule has 1 heterocycles. The fourth-order valence-corrected chi connectivity index (χ4v) is 3.03. The van der Waals surface area contributed by atoms with Gasteiger partial charge in [0, 0.05) is 23.8 Å². The van der Waals surface area contributed by atoms with Crippen molar-refractivity contribution >= 4 is 11.7 Å². The summed E-state index contributed by atoms with van der Waals surface area (Å²) in [5.74, 6) is 0. The Morgan fingerprint density at radius 3 is 2.29 bits per heavy atom. The number of nitrogens with zero attached hydrogens (tertiary/aromatic N) is 1. The standard InChI is InChI=1S/C17H27N3O/c1-12-6-5-7-13(2)20(12)17(21)19-16-10-8-15(9-11-16)14(3)18-4/h8-14,18H,5-7H2,1-4H3,(H,19,21)/t12-,13+,14?. The lowest BCUT2D eigenvalue weighted by Crippen LogP contribution is -2.49.